The monoisotopic (exact) mass is 367 g/mol. The zero-order valence-corrected chi connectivity index (χ0v) is 16.1. The summed E-state index contributed by atoms with van der Waals surface area (Å²) >= 11 is 1.59. The molecule has 0 fully saturated rings. The van der Waals surface area contributed by atoms with Crippen LogP contribution < -0.4 is 5.32 Å². The lowest BCUT2D eigenvalue weighted by Gasteiger charge is -2.12. The standard InChI is InChI=1S/C20H21N3O2S/c1-13-14(2)26-20(23-10-5-6-11-23)17(13)18(24)21-16-9-7-8-15(12-16)19(25)22(3)4/h5-12H,1-4H3,(H,21,24). The number of rotatable bonds is 4. The number of carbonyl (C=O) groups excluding carboxylic acids is 2. The molecule has 0 radical (unpaired) electrons. The van der Waals surface area contributed by atoms with E-state index in [9.17, 15) is 9.59 Å². The Morgan fingerprint density at radius 1 is 1.08 bits per heavy atom. The molecular formula is C20H21N3O2S. The van der Waals surface area contributed by atoms with Gasteiger partial charge >= 0.3 is 0 Å². The molecule has 6 heteroatoms. The molecule has 0 unspecified atom stereocenters. The molecule has 5 nitrogen and oxygen atoms in total. The van der Waals surface area contributed by atoms with Crippen molar-refractivity contribution in [2.75, 3.05) is 19.4 Å². The molecule has 0 bridgehead atoms. The second kappa shape index (κ2) is 7.17. The van der Waals surface area contributed by atoms with E-state index in [4.69, 9.17) is 0 Å². The summed E-state index contributed by atoms with van der Waals surface area (Å²) in [5.41, 5.74) is 2.77. The van der Waals surface area contributed by atoms with Gasteiger partial charge in [-0.05, 0) is 49.7 Å². The number of thiophene rings is 1. The van der Waals surface area contributed by atoms with E-state index in [1.54, 1.807) is 49.7 Å². The number of anilines is 1. The van der Waals surface area contributed by atoms with Gasteiger partial charge in [-0.15, -0.1) is 11.3 Å². The second-order valence-electron chi connectivity index (χ2n) is 6.29. The predicted octanol–water partition coefficient (Wildman–Crippen LogP) is 4.11. The molecule has 0 saturated carbocycles. The Hall–Kier alpha value is -2.86. The summed E-state index contributed by atoms with van der Waals surface area (Å²) < 4.78 is 1.95. The van der Waals surface area contributed by atoms with Gasteiger partial charge in [0.25, 0.3) is 11.8 Å². The molecule has 0 spiro atoms. The van der Waals surface area contributed by atoms with Gasteiger partial charge in [0.15, 0.2) is 0 Å². The molecule has 3 aromatic rings. The largest absolute Gasteiger partial charge is 0.345 e. The molecule has 134 valence electrons. The van der Waals surface area contributed by atoms with Crippen LogP contribution in [0.25, 0.3) is 5.00 Å². The van der Waals surface area contributed by atoms with Crippen molar-refractivity contribution in [3.05, 3.63) is 70.4 Å². The summed E-state index contributed by atoms with van der Waals surface area (Å²) in [4.78, 5) is 27.7. The van der Waals surface area contributed by atoms with Gasteiger partial charge in [-0.3, -0.25) is 9.59 Å². The summed E-state index contributed by atoms with van der Waals surface area (Å²) in [5, 5.41) is 3.82. The van der Waals surface area contributed by atoms with E-state index in [1.807, 2.05) is 42.9 Å². The molecule has 0 aliphatic rings. The van der Waals surface area contributed by atoms with Crippen LogP contribution in [0.1, 0.15) is 31.2 Å². The van der Waals surface area contributed by atoms with E-state index in [-0.39, 0.29) is 11.8 Å². The first-order valence-electron chi connectivity index (χ1n) is 8.25. The lowest BCUT2D eigenvalue weighted by atomic mass is 10.1. The van der Waals surface area contributed by atoms with E-state index in [1.165, 1.54) is 4.90 Å². The Bertz CT molecular complexity index is 956. The van der Waals surface area contributed by atoms with Crippen LogP contribution in [-0.2, 0) is 0 Å². The van der Waals surface area contributed by atoms with Gasteiger partial charge in [0.2, 0.25) is 0 Å². The summed E-state index contributed by atoms with van der Waals surface area (Å²) in [6, 6.07) is 10.9. The molecule has 0 aliphatic carbocycles. The molecule has 0 atom stereocenters. The predicted molar refractivity (Wildman–Crippen MR) is 106 cm³/mol. The first-order chi connectivity index (χ1) is 12.4. The van der Waals surface area contributed by atoms with Gasteiger partial charge in [-0.2, -0.15) is 0 Å². The summed E-state index contributed by atoms with van der Waals surface area (Å²) in [6.45, 7) is 3.97. The summed E-state index contributed by atoms with van der Waals surface area (Å²) in [6.07, 6.45) is 3.86. The SMILES string of the molecule is Cc1sc(-n2cccc2)c(C(=O)Nc2cccc(C(=O)N(C)C)c2)c1C. The average molecular weight is 367 g/mol. The minimum absolute atomic E-state index is 0.100. The van der Waals surface area contributed by atoms with Gasteiger partial charge in [0, 0.05) is 42.6 Å². The molecule has 2 amide bonds. The normalized spacial score (nSPS) is 10.6. The highest BCUT2D eigenvalue weighted by atomic mass is 32.1. The smallest absolute Gasteiger partial charge is 0.258 e. The maximum Gasteiger partial charge on any atom is 0.258 e. The number of benzene rings is 1. The van der Waals surface area contributed by atoms with Crippen molar-refractivity contribution in [1.29, 1.82) is 0 Å². The van der Waals surface area contributed by atoms with Crippen molar-refractivity contribution in [3.63, 3.8) is 0 Å². The van der Waals surface area contributed by atoms with Crippen molar-refractivity contribution < 1.29 is 9.59 Å². The van der Waals surface area contributed by atoms with Crippen LogP contribution >= 0.6 is 11.3 Å². The van der Waals surface area contributed by atoms with E-state index in [0.717, 1.165) is 15.4 Å². The Labute approximate surface area is 156 Å². The molecule has 3 rings (SSSR count). The van der Waals surface area contributed by atoms with Crippen LogP contribution in [0.2, 0.25) is 0 Å². The van der Waals surface area contributed by atoms with Crippen LogP contribution in [-0.4, -0.2) is 35.4 Å². The van der Waals surface area contributed by atoms with Crippen LogP contribution in [0.4, 0.5) is 5.69 Å². The van der Waals surface area contributed by atoms with E-state index in [2.05, 4.69) is 5.32 Å². The molecule has 0 saturated heterocycles. The fourth-order valence-corrected chi connectivity index (χ4v) is 3.83. The third-order valence-electron chi connectivity index (χ3n) is 4.21. The first-order valence-corrected chi connectivity index (χ1v) is 9.06. The molecule has 2 aromatic heterocycles. The van der Waals surface area contributed by atoms with Gasteiger partial charge in [-0.25, -0.2) is 0 Å². The number of aromatic nitrogens is 1. The van der Waals surface area contributed by atoms with Gasteiger partial charge in [0.1, 0.15) is 5.00 Å². The van der Waals surface area contributed by atoms with Crippen LogP contribution in [0, 0.1) is 13.8 Å². The molecule has 1 aromatic carbocycles. The van der Waals surface area contributed by atoms with Crippen molar-refractivity contribution in [1.82, 2.24) is 9.47 Å². The Kier molecular flexibility index (Phi) is 4.95. The maximum atomic E-state index is 13.0. The minimum Gasteiger partial charge on any atom is -0.345 e. The number of nitrogens with zero attached hydrogens (tertiary/aromatic N) is 2. The average Bonchev–Trinajstić information content (AvgIpc) is 3.23. The Balaban J connectivity index is 1.92. The number of hydrogen-bond acceptors (Lipinski definition) is 3. The minimum atomic E-state index is -0.176. The van der Waals surface area contributed by atoms with E-state index < -0.39 is 0 Å². The van der Waals surface area contributed by atoms with Crippen molar-refractivity contribution in [3.8, 4) is 5.00 Å². The lowest BCUT2D eigenvalue weighted by molar-refractivity contribution is 0.0827. The Morgan fingerprint density at radius 2 is 1.77 bits per heavy atom. The zero-order chi connectivity index (χ0) is 18.8. The Morgan fingerprint density at radius 3 is 2.42 bits per heavy atom. The van der Waals surface area contributed by atoms with Gasteiger partial charge in [0.05, 0.1) is 5.56 Å². The summed E-state index contributed by atoms with van der Waals surface area (Å²) in [7, 11) is 3.41. The highest BCUT2D eigenvalue weighted by Crippen LogP contribution is 2.31. The van der Waals surface area contributed by atoms with Crippen molar-refractivity contribution in [2.45, 2.75) is 13.8 Å². The fraction of sp³-hybridized carbons (Fsp3) is 0.200. The number of carbonyl (C=O) groups is 2. The van der Waals surface area contributed by atoms with Crippen LogP contribution in [0.3, 0.4) is 0 Å². The second-order valence-corrected chi connectivity index (χ2v) is 7.49. The first kappa shape index (κ1) is 17.9. The maximum absolute atomic E-state index is 13.0. The number of nitrogens with one attached hydrogen (secondary N) is 1. The number of amides is 2. The highest BCUT2D eigenvalue weighted by molar-refractivity contribution is 7.15. The third-order valence-corrected chi connectivity index (χ3v) is 5.43. The van der Waals surface area contributed by atoms with Gasteiger partial charge < -0.3 is 14.8 Å². The molecular weight excluding hydrogens is 346 g/mol. The van der Waals surface area contributed by atoms with Crippen molar-refractivity contribution >= 4 is 28.8 Å². The molecule has 1 N–H and O–H groups in total. The molecule has 2 heterocycles. The van der Waals surface area contributed by atoms with Crippen LogP contribution in [0.5, 0.6) is 0 Å². The lowest BCUT2D eigenvalue weighted by Crippen LogP contribution is -2.22. The summed E-state index contributed by atoms with van der Waals surface area (Å²) in [5.74, 6) is -0.276. The van der Waals surface area contributed by atoms with Crippen LogP contribution in [0.15, 0.2) is 48.8 Å². The highest BCUT2D eigenvalue weighted by Gasteiger charge is 2.21. The zero-order valence-electron chi connectivity index (χ0n) is 15.2. The third kappa shape index (κ3) is 3.41. The van der Waals surface area contributed by atoms with E-state index in [0.29, 0.717) is 16.8 Å². The molecule has 26 heavy (non-hydrogen) atoms. The van der Waals surface area contributed by atoms with E-state index >= 15 is 0 Å². The fourth-order valence-electron chi connectivity index (χ4n) is 2.71. The van der Waals surface area contributed by atoms with Crippen molar-refractivity contribution in [2.24, 2.45) is 0 Å². The number of aryl methyl sites for hydroxylation is 1. The quantitative estimate of drug-likeness (QED) is 0.754. The van der Waals surface area contributed by atoms with Gasteiger partial charge in [-0.1, -0.05) is 6.07 Å². The molecule has 0 aliphatic heterocycles. The number of hydrogen-bond donors (Lipinski definition) is 1. The topological polar surface area (TPSA) is 54.3 Å².